The molecule has 1 aromatic carbocycles. The standard InChI is InChI=1S/C16H13BrN2OS2/c1-10-9-21-15(19-10)8-18-16(20)14-7-6-13(22-14)11-2-4-12(17)5-3-11/h2-7,9H,8H2,1H3,(H,18,20). The van der Waals surface area contributed by atoms with Crippen LogP contribution in [-0.2, 0) is 6.54 Å². The number of thiazole rings is 1. The zero-order valence-corrected chi connectivity index (χ0v) is 15.0. The van der Waals surface area contributed by atoms with E-state index in [1.807, 2.05) is 48.7 Å². The molecule has 0 aliphatic heterocycles. The zero-order valence-electron chi connectivity index (χ0n) is 11.8. The smallest absolute Gasteiger partial charge is 0.261 e. The van der Waals surface area contributed by atoms with Gasteiger partial charge in [0.15, 0.2) is 0 Å². The summed E-state index contributed by atoms with van der Waals surface area (Å²) in [5.74, 6) is -0.0544. The summed E-state index contributed by atoms with van der Waals surface area (Å²) in [5.41, 5.74) is 2.10. The van der Waals surface area contributed by atoms with Gasteiger partial charge >= 0.3 is 0 Å². The predicted octanol–water partition coefficient (Wildman–Crippen LogP) is 4.87. The van der Waals surface area contributed by atoms with Gasteiger partial charge in [-0.15, -0.1) is 22.7 Å². The van der Waals surface area contributed by atoms with Crippen LogP contribution in [0.5, 0.6) is 0 Å². The second-order valence-corrected chi connectivity index (χ2v) is 7.68. The van der Waals surface area contributed by atoms with E-state index in [2.05, 4.69) is 26.2 Å². The van der Waals surface area contributed by atoms with Gasteiger partial charge < -0.3 is 5.32 Å². The lowest BCUT2D eigenvalue weighted by Crippen LogP contribution is -2.21. The Morgan fingerprint density at radius 1 is 1.23 bits per heavy atom. The summed E-state index contributed by atoms with van der Waals surface area (Å²) in [7, 11) is 0. The SMILES string of the molecule is Cc1csc(CNC(=O)c2ccc(-c3ccc(Br)cc3)s2)n1. The van der Waals surface area contributed by atoms with Gasteiger partial charge in [-0.2, -0.15) is 0 Å². The maximum atomic E-state index is 12.2. The Balaban J connectivity index is 1.67. The average Bonchev–Trinajstić information content (AvgIpc) is 3.15. The Labute approximate surface area is 145 Å². The van der Waals surface area contributed by atoms with Gasteiger partial charge in [-0.05, 0) is 36.8 Å². The van der Waals surface area contributed by atoms with Gasteiger partial charge in [-0.25, -0.2) is 4.98 Å². The topological polar surface area (TPSA) is 42.0 Å². The maximum Gasteiger partial charge on any atom is 0.261 e. The zero-order chi connectivity index (χ0) is 15.5. The third-order valence-corrected chi connectivity index (χ3v) is 5.65. The van der Waals surface area contributed by atoms with E-state index < -0.39 is 0 Å². The molecule has 0 atom stereocenters. The van der Waals surface area contributed by atoms with Gasteiger partial charge in [0.1, 0.15) is 5.01 Å². The predicted molar refractivity (Wildman–Crippen MR) is 95.5 cm³/mol. The summed E-state index contributed by atoms with van der Waals surface area (Å²) in [5, 5.41) is 5.83. The van der Waals surface area contributed by atoms with Gasteiger partial charge in [0.25, 0.3) is 5.91 Å². The van der Waals surface area contributed by atoms with E-state index >= 15 is 0 Å². The number of amides is 1. The van der Waals surface area contributed by atoms with Crippen LogP contribution < -0.4 is 5.32 Å². The highest BCUT2D eigenvalue weighted by Crippen LogP contribution is 2.29. The van der Waals surface area contributed by atoms with Crippen molar-refractivity contribution in [3.8, 4) is 10.4 Å². The Morgan fingerprint density at radius 3 is 2.68 bits per heavy atom. The number of nitrogens with zero attached hydrogens (tertiary/aromatic N) is 1. The number of hydrogen-bond acceptors (Lipinski definition) is 4. The molecule has 0 saturated carbocycles. The largest absolute Gasteiger partial charge is 0.345 e. The molecule has 0 aliphatic carbocycles. The number of rotatable bonds is 4. The molecule has 2 aromatic heterocycles. The monoisotopic (exact) mass is 392 g/mol. The highest BCUT2D eigenvalue weighted by Gasteiger charge is 2.11. The third-order valence-electron chi connectivity index (χ3n) is 3.03. The Morgan fingerprint density at radius 2 is 2.00 bits per heavy atom. The maximum absolute atomic E-state index is 12.2. The van der Waals surface area contributed by atoms with Crippen LogP contribution in [0.3, 0.4) is 0 Å². The number of hydrogen-bond donors (Lipinski definition) is 1. The fourth-order valence-electron chi connectivity index (χ4n) is 1.96. The van der Waals surface area contributed by atoms with E-state index in [-0.39, 0.29) is 5.91 Å². The Bertz CT molecular complexity index is 793. The number of halogens is 1. The second kappa shape index (κ2) is 6.73. The van der Waals surface area contributed by atoms with Crippen molar-refractivity contribution in [1.29, 1.82) is 0 Å². The van der Waals surface area contributed by atoms with Crippen LogP contribution in [0.1, 0.15) is 20.4 Å². The molecule has 3 aromatic rings. The quantitative estimate of drug-likeness (QED) is 0.687. The van der Waals surface area contributed by atoms with Crippen molar-refractivity contribution in [2.45, 2.75) is 13.5 Å². The molecule has 0 spiro atoms. The summed E-state index contributed by atoms with van der Waals surface area (Å²) in [6, 6.07) is 11.9. The molecule has 3 rings (SSSR count). The molecule has 0 aliphatic rings. The molecule has 112 valence electrons. The van der Waals surface area contributed by atoms with E-state index in [1.54, 1.807) is 11.3 Å². The number of aryl methyl sites for hydroxylation is 1. The third kappa shape index (κ3) is 3.63. The summed E-state index contributed by atoms with van der Waals surface area (Å²) in [4.78, 5) is 18.3. The molecule has 2 heterocycles. The molecule has 1 amide bonds. The minimum absolute atomic E-state index is 0.0544. The molecular weight excluding hydrogens is 380 g/mol. The fourth-order valence-corrected chi connectivity index (χ4v) is 3.86. The fraction of sp³-hybridized carbons (Fsp3) is 0.125. The molecule has 0 fully saturated rings. The van der Waals surface area contributed by atoms with Crippen molar-refractivity contribution in [3.63, 3.8) is 0 Å². The normalized spacial score (nSPS) is 10.6. The van der Waals surface area contributed by atoms with Crippen molar-refractivity contribution < 1.29 is 4.79 Å². The number of aromatic nitrogens is 1. The first-order valence-corrected chi connectivity index (χ1v) is 9.16. The van der Waals surface area contributed by atoms with Crippen LogP contribution in [0.4, 0.5) is 0 Å². The number of nitrogens with one attached hydrogen (secondary N) is 1. The van der Waals surface area contributed by atoms with E-state index in [0.29, 0.717) is 11.4 Å². The van der Waals surface area contributed by atoms with Gasteiger partial charge in [0.2, 0.25) is 0 Å². The van der Waals surface area contributed by atoms with Crippen LogP contribution in [0.2, 0.25) is 0 Å². The van der Waals surface area contributed by atoms with Crippen LogP contribution in [-0.4, -0.2) is 10.9 Å². The van der Waals surface area contributed by atoms with E-state index in [4.69, 9.17) is 0 Å². The molecule has 0 radical (unpaired) electrons. The second-order valence-electron chi connectivity index (χ2n) is 4.74. The van der Waals surface area contributed by atoms with Gasteiger partial charge in [0, 0.05) is 20.4 Å². The molecule has 0 unspecified atom stereocenters. The molecule has 6 heteroatoms. The number of benzene rings is 1. The summed E-state index contributed by atoms with van der Waals surface area (Å²) < 4.78 is 1.05. The molecule has 22 heavy (non-hydrogen) atoms. The first-order chi connectivity index (χ1) is 10.6. The summed E-state index contributed by atoms with van der Waals surface area (Å²) in [6.07, 6.45) is 0. The molecular formula is C16H13BrN2OS2. The summed E-state index contributed by atoms with van der Waals surface area (Å²) >= 11 is 6.48. The number of carbonyl (C=O) groups is 1. The van der Waals surface area contributed by atoms with Crippen molar-refractivity contribution >= 4 is 44.5 Å². The minimum Gasteiger partial charge on any atom is -0.345 e. The highest BCUT2D eigenvalue weighted by molar-refractivity contribution is 9.10. The lowest BCUT2D eigenvalue weighted by Gasteiger charge is -2.00. The summed E-state index contributed by atoms with van der Waals surface area (Å²) in [6.45, 7) is 2.43. The van der Waals surface area contributed by atoms with Gasteiger partial charge in [-0.1, -0.05) is 28.1 Å². The molecule has 3 nitrogen and oxygen atoms in total. The van der Waals surface area contributed by atoms with Crippen molar-refractivity contribution in [3.05, 3.63) is 61.8 Å². The van der Waals surface area contributed by atoms with Gasteiger partial charge in [0.05, 0.1) is 11.4 Å². The van der Waals surface area contributed by atoms with Crippen LogP contribution >= 0.6 is 38.6 Å². The van der Waals surface area contributed by atoms with Crippen molar-refractivity contribution in [2.24, 2.45) is 0 Å². The molecule has 1 N–H and O–H groups in total. The van der Waals surface area contributed by atoms with Crippen LogP contribution in [0.15, 0.2) is 46.3 Å². The van der Waals surface area contributed by atoms with E-state index in [9.17, 15) is 4.79 Å². The van der Waals surface area contributed by atoms with E-state index in [0.717, 1.165) is 25.6 Å². The average molecular weight is 393 g/mol. The van der Waals surface area contributed by atoms with Crippen molar-refractivity contribution in [1.82, 2.24) is 10.3 Å². The first kappa shape index (κ1) is 15.4. The molecule has 0 bridgehead atoms. The first-order valence-electron chi connectivity index (χ1n) is 6.67. The Hall–Kier alpha value is -1.50. The lowest BCUT2D eigenvalue weighted by atomic mass is 10.2. The molecule has 0 saturated heterocycles. The number of carbonyl (C=O) groups excluding carboxylic acids is 1. The Kier molecular flexibility index (Phi) is 4.71. The minimum atomic E-state index is -0.0544. The number of thiophene rings is 1. The van der Waals surface area contributed by atoms with Crippen LogP contribution in [0, 0.1) is 6.92 Å². The van der Waals surface area contributed by atoms with Gasteiger partial charge in [-0.3, -0.25) is 4.79 Å². The van der Waals surface area contributed by atoms with Crippen molar-refractivity contribution in [2.75, 3.05) is 0 Å². The highest BCUT2D eigenvalue weighted by atomic mass is 79.9. The van der Waals surface area contributed by atoms with Crippen LogP contribution in [0.25, 0.3) is 10.4 Å². The van der Waals surface area contributed by atoms with E-state index in [1.165, 1.54) is 11.3 Å². The lowest BCUT2D eigenvalue weighted by molar-refractivity contribution is 0.0955.